The highest BCUT2D eigenvalue weighted by Gasteiger charge is 2.17. The first-order valence-electron chi connectivity index (χ1n) is 6.96. The van der Waals surface area contributed by atoms with Crippen molar-refractivity contribution in [1.82, 2.24) is 5.32 Å². The van der Waals surface area contributed by atoms with E-state index in [2.05, 4.69) is 5.32 Å². The maximum atomic E-state index is 12.3. The summed E-state index contributed by atoms with van der Waals surface area (Å²) < 4.78 is 5.45. The van der Waals surface area contributed by atoms with E-state index in [1.165, 1.54) is 0 Å². The number of hydrogen-bond donors (Lipinski definition) is 1. The van der Waals surface area contributed by atoms with Crippen molar-refractivity contribution in [2.45, 2.75) is 19.4 Å². The van der Waals surface area contributed by atoms with Gasteiger partial charge in [-0.05, 0) is 42.3 Å². The summed E-state index contributed by atoms with van der Waals surface area (Å²) in [4.78, 5) is 12.3. The molecule has 0 aromatic heterocycles. The predicted molar refractivity (Wildman–Crippen MR) is 83.0 cm³/mol. The Morgan fingerprint density at radius 1 is 1.29 bits per heavy atom. The lowest BCUT2D eigenvalue weighted by molar-refractivity contribution is 0.0940. The third-order valence-electron chi connectivity index (χ3n) is 3.67. The van der Waals surface area contributed by atoms with Gasteiger partial charge in [0.15, 0.2) is 0 Å². The zero-order valence-corrected chi connectivity index (χ0v) is 12.5. The van der Waals surface area contributed by atoms with Gasteiger partial charge in [0, 0.05) is 17.0 Å². The highest BCUT2D eigenvalue weighted by Crippen LogP contribution is 2.26. The first-order valence-corrected chi connectivity index (χ1v) is 7.34. The van der Waals surface area contributed by atoms with E-state index in [-0.39, 0.29) is 11.9 Å². The van der Waals surface area contributed by atoms with E-state index in [9.17, 15) is 4.79 Å². The summed E-state index contributed by atoms with van der Waals surface area (Å²) in [6.07, 6.45) is 0.858. The highest BCUT2D eigenvalue weighted by atomic mass is 35.5. The monoisotopic (exact) mass is 301 g/mol. The molecule has 0 bridgehead atoms. The molecule has 1 atom stereocenters. The van der Waals surface area contributed by atoms with Crippen LogP contribution < -0.4 is 10.1 Å². The van der Waals surface area contributed by atoms with Crippen LogP contribution >= 0.6 is 11.6 Å². The molecule has 1 unspecified atom stereocenters. The summed E-state index contributed by atoms with van der Waals surface area (Å²) in [7, 11) is 0. The van der Waals surface area contributed by atoms with Crippen LogP contribution in [0.15, 0.2) is 42.5 Å². The number of benzene rings is 2. The maximum absolute atomic E-state index is 12.3. The second-order valence-corrected chi connectivity index (χ2v) is 5.54. The summed E-state index contributed by atoms with van der Waals surface area (Å²) >= 11 is 6.16. The first kappa shape index (κ1) is 14.0. The minimum atomic E-state index is -0.143. The van der Waals surface area contributed by atoms with Crippen molar-refractivity contribution >= 4 is 17.5 Å². The van der Waals surface area contributed by atoms with Crippen LogP contribution in [-0.4, -0.2) is 12.5 Å². The lowest BCUT2D eigenvalue weighted by atomic mass is 10.1. The molecule has 3 rings (SSSR count). The van der Waals surface area contributed by atoms with Crippen LogP contribution in [0.5, 0.6) is 5.75 Å². The molecule has 0 aliphatic carbocycles. The summed E-state index contributed by atoms with van der Waals surface area (Å²) in [6, 6.07) is 12.9. The first-order chi connectivity index (χ1) is 10.1. The Morgan fingerprint density at radius 2 is 2.10 bits per heavy atom. The lowest BCUT2D eigenvalue weighted by Crippen LogP contribution is -2.26. The number of amides is 1. The number of hydrogen-bond acceptors (Lipinski definition) is 2. The van der Waals surface area contributed by atoms with Crippen molar-refractivity contribution in [2.75, 3.05) is 6.61 Å². The molecule has 0 radical (unpaired) electrons. The Morgan fingerprint density at radius 3 is 2.90 bits per heavy atom. The fourth-order valence-corrected chi connectivity index (χ4v) is 2.81. The van der Waals surface area contributed by atoms with Gasteiger partial charge in [0.25, 0.3) is 5.91 Å². The minimum Gasteiger partial charge on any atom is -0.493 e. The van der Waals surface area contributed by atoms with Crippen molar-refractivity contribution < 1.29 is 9.53 Å². The van der Waals surface area contributed by atoms with E-state index in [1.807, 2.05) is 43.3 Å². The molecule has 1 aliphatic heterocycles. The lowest BCUT2D eigenvalue weighted by Gasteiger charge is -2.16. The van der Waals surface area contributed by atoms with Gasteiger partial charge in [0.05, 0.1) is 12.6 Å². The van der Waals surface area contributed by atoms with E-state index in [0.29, 0.717) is 17.2 Å². The highest BCUT2D eigenvalue weighted by molar-refractivity contribution is 6.31. The van der Waals surface area contributed by atoms with Crippen LogP contribution in [0.3, 0.4) is 0 Å². The fraction of sp³-hybridized carbons (Fsp3) is 0.235. The SMILES string of the molecule is CC(NC(=O)c1ccc2c(c1)CCO2)c1ccccc1Cl. The van der Waals surface area contributed by atoms with Crippen molar-refractivity contribution in [1.29, 1.82) is 0 Å². The van der Waals surface area contributed by atoms with E-state index < -0.39 is 0 Å². The Labute approximate surface area is 128 Å². The number of rotatable bonds is 3. The quantitative estimate of drug-likeness (QED) is 0.937. The number of carbonyl (C=O) groups excluding carboxylic acids is 1. The van der Waals surface area contributed by atoms with Gasteiger partial charge >= 0.3 is 0 Å². The smallest absolute Gasteiger partial charge is 0.251 e. The van der Waals surface area contributed by atoms with E-state index in [0.717, 1.165) is 23.3 Å². The molecule has 108 valence electrons. The Kier molecular flexibility index (Phi) is 3.84. The molecular formula is C17H16ClNO2. The van der Waals surface area contributed by atoms with Gasteiger partial charge in [-0.1, -0.05) is 29.8 Å². The molecule has 3 nitrogen and oxygen atoms in total. The molecule has 0 saturated heterocycles. The summed E-state index contributed by atoms with van der Waals surface area (Å²) in [5.74, 6) is 0.780. The topological polar surface area (TPSA) is 38.3 Å². The molecular weight excluding hydrogens is 286 g/mol. The number of carbonyl (C=O) groups is 1. The number of ether oxygens (including phenoxy) is 1. The van der Waals surface area contributed by atoms with Gasteiger partial charge in [0.1, 0.15) is 5.75 Å². The molecule has 1 amide bonds. The molecule has 0 saturated carbocycles. The fourth-order valence-electron chi connectivity index (χ4n) is 2.51. The zero-order chi connectivity index (χ0) is 14.8. The molecule has 1 N–H and O–H groups in total. The van der Waals surface area contributed by atoms with Crippen molar-refractivity contribution in [3.8, 4) is 5.75 Å². The van der Waals surface area contributed by atoms with E-state index >= 15 is 0 Å². The Balaban J connectivity index is 1.76. The summed E-state index contributed by atoms with van der Waals surface area (Å²) in [5.41, 5.74) is 2.66. The molecule has 21 heavy (non-hydrogen) atoms. The minimum absolute atomic E-state index is 0.0999. The average molecular weight is 302 g/mol. The van der Waals surface area contributed by atoms with Gasteiger partial charge in [0.2, 0.25) is 0 Å². The van der Waals surface area contributed by atoms with Gasteiger partial charge in [-0.25, -0.2) is 0 Å². The van der Waals surface area contributed by atoms with Crippen molar-refractivity contribution in [2.24, 2.45) is 0 Å². The number of nitrogens with one attached hydrogen (secondary N) is 1. The van der Waals surface area contributed by atoms with Gasteiger partial charge in [-0.2, -0.15) is 0 Å². The number of fused-ring (bicyclic) bond motifs is 1. The van der Waals surface area contributed by atoms with Crippen LogP contribution in [0, 0.1) is 0 Å². The van der Waals surface area contributed by atoms with Crippen LogP contribution in [0.2, 0.25) is 5.02 Å². The van der Waals surface area contributed by atoms with Gasteiger partial charge in [-0.3, -0.25) is 4.79 Å². The maximum Gasteiger partial charge on any atom is 0.251 e. The summed E-state index contributed by atoms with van der Waals surface area (Å²) in [5, 5.41) is 3.64. The summed E-state index contributed by atoms with van der Waals surface area (Å²) in [6.45, 7) is 2.62. The van der Waals surface area contributed by atoms with Crippen LogP contribution in [0.25, 0.3) is 0 Å². The third kappa shape index (κ3) is 2.88. The Bertz CT molecular complexity index is 684. The molecule has 2 aromatic rings. The van der Waals surface area contributed by atoms with E-state index in [4.69, 9.17) is 16.3 Å². The standard InChI is InChI=1S/C17H16ClNO2/c1-11(14-4-2-3-5-15(14)18)19-17(20)13-6-7-16-12(10-13)8-9-21-16/h2-7,10-11H,8-9H2,1H3,(H,19,20). The van der Waals surface area contributed by atoms with Crippen LogP contribution in [0.4, 0.5) is 0 Å². The average Bonchev–Trinajstić information content (AvgIpc) is 2.94. The Hall–Kier alpha value is -2.00. The van der Waals surface area contributed by atoms with Crippen LogP contribution in [0.1, 0.15) is 34.5 Å². The van der Waals surface area contributed by atoms with Crippen molar-refractivity contribution in [3.63, 3.8) is 0 Å². The van der Waals surface area contributed by atoms with Crippen LogP contribution in [-0.2, 0) is 6.42 Å². The second kappa shape index (κ2) is 5.78. The van der Waals surface area contributed by atoms with E-state index in [1.54, 1.807) is 6.07 Å². The van der Waals surface area contributed by atoms with Gasteiger partial charge < -0.3 is 10.1 Å². The molecule has 0 fully saturated rings. The largest absolute Gasteiger partial charge is 0.493 e. The van der Waals surface area contributed by atoms with Crippen molar-refractivity contribution in [3.05, 3.63) is 64.2 Å². The zero-order valence-electron chi connectivity index (χ0n) is 11.7. The normalized spacial score (nSPS) is 14.2. The predicted octanol–water partition coefficient (Wildman–Crippen LogP) is 3.77. The second-order valence-electron chi connectivity index (χ2n) is 5.14. The third-order valence-corrected chi connectivity index (χ3v) is 4.02. The molecule has 2 aromatic carbocycles. The van der Waals surface area contributed by atoms with Gasteiger partial charge in [-0.15, -0.1) is 0 Å². The molecule has 1 heterocycles. The molecule has 4 heteroatoms. The number of halogens is 1. The molecule has 0 spiro atoms. The molecule has 1 aliphatic rings.